The molecule has 0 bridgehead atoms. The highest BCUT2D eigenvalue weighted by molar-refractivity contribution is 5.47. The number of rotatable bonds is 3. The van der Waals surface area contributed by atoms with E-state index in [4.69, 9.17) is 0 Å². The lowest BCUT2D eigenvalue weighted by Crippen LogP contribution is -2.08. The molecular weight excluding hydrogens is 148 g/mol. The summed E-state index contributed by atoms with van der Waals surface area (Å²) in [5.74, 6) is 0.671. The van der Waals surface area contributed by atoms with Gasteiger partial charge >= 0.3 is 0 Å². The number of hydrogen-bond donors (Lipinski definition) is 1. The minimum absolute atomic E-state index is 0.671. The minimum atomic E-state index is 0.671. The molecule has 66 valence electrons. The fourth-order valence-electron chi connectivity index (χ4n) is 0.963. The quantitative estimate of drug-likeness (QED) is 0.742. The molecule has 0 spiro atoms. The van der Waals surface area contributed by atoms with Gasteiger partial charge in [0.1, 0.15) is 0 Å². The molecule has 0 unspecified atom stereocenters. The number of nitrogens with zero attached hydrogens (tertiary/aromatic N) is 1. The molecule has 0 aliphatic carbocycles. The largest absolute Gasteiger partial charge is 0.383 e. The first kappa shape index (κ1) is 9.04. The van der Waals surface area contributed by atoms with E-state index < -0.39 is 0 Å². The maximum Gasteiger partial charge on any atom is 0.0556 e. The van der Waals surface area contributed by atoms with E-state index in [-0.39, 0.29) is 0 Å². The maximum absolute atomic E-state index is 4.06. The summed E-state index contributed by atoms with van der Waals surface area (Å²) in [5.41, 5.74) is 2.40. The number of pyridine rings is 1. The number of anilines is 1. The van der Waals surface area contributed by atoms with Gasteiger partial charge in [-0.3, -0.25) is 4.98 Å². The first-order valence-corrected chi connectivity index (χ1v) is 4.34. The summed E-state index contributed by atoms with van der Waals surface area (Å²) >= 11 is 0. The van der Waals surface area contributed by atoms with E-state index in [2.05, 4.69) is 31.1 Å². The first-order valence-electron chi connectivity index (χ1n) is 4.34. The number of aryl methyl sites for hydroxylation is 1. The van der Waals surface area contributed by atoms with Crippen LogP contribution in [0.2, 0.25) is 0 Å². The molecule has 0 saturated carbocycles. The molecule has 0 aliphatic heterocycles. The number of hydrogen-bond acceptors (Lipinski definition) is 2. The Labute approximate surface area is 74.0 Å². The average Bonchev–Trinajstić information content (AvgIpc) is 2.03. The van der Waals surface area contributed by atoms with E-state index in [0.717, 1.165) is 12.2 Å². The molecule has 2 nitrogen and oxygen atoms in total. The fourth-order valence-corrected chi connectivity index (χ4v) is 0.963. The summed E-state index contributed by atoms with van der Waals surface area (Å²) in [7, 11) is 0. The van der Waals surface area contributed by atoms with Gasteiger partial charge in [0, 0.05) is 12.7 Å². The third-order valence-corrected chi connectivity index (χ3v) is 1.74. The fraction of sp³-hybridized carbons (Fsp3) is 0.500. The zero-order valence-corrected chi connectivity index (χ0v) is 7.96. The van der Waals surface area contributed by atoms with Gasteiger partial charge in [-0.15, -0.1) is 0 Å². The van der Waals surface area contributed by atoms with Crippen molar-refractivity contribution in [2.45, 2.75) is 20.8 Å². The van der Waals surface area contributed by atoms with E-state index in [9.17, 15) is 0 Å². The average molecular weight is 164 g/mol. The summed E-state index contributed by atoms with van der Waals surface area (Å²) in [4.78, 5) is 4.06. The molecule has 1 heterocycles. The number of nitrogens with one attached hydrogen (secondary N) is 1. The third-order valence-electron chi connectivity index (χ3n) is 1.74. The Balaban J connectivity index is 2.57. The van der Waals surface area contributed by atoms with Crippen LogP contribution in [0.5, 0.6) is 0 Å². The minimum Gasteiger partial charge on any atom is -0.383 e. The van der Waals surface area contributed by atoms with Gasteiger partial charge in [-0.2, -0.15) is 0 Å². The Morgan fingerprint density at radius 2 is 2.25 bits per heavy atom. The summed E-state index contributed by atoms with van der Waals surface area (Å²) in [6.45, 7) is 7.48. The lowest BCUT2D eigenvalue weighted by Gasteiger charge is -2.10. The van der Waals surface area contributed by atoms with E-state index in [1.165, 1.54) is 5.56 Å². The highest BCUT2D eigenvalue weighted by Gasteiger charge is 1.97. The Hall–Kier alpha value is -1.05. The van der Waals surface area contributed by atoms with Crippen LogP contribution < -0.4 is 5.32 Å². The zero-order chi connectivity index (χ0) is 8.97. The topological polar surface area (TPSA) is 24.9 Å². The molecule has 2 heteroatoms. The van der Waals surface area contributed by atoms with Crippen LogP contribution in [0.3, 0.4) is 0 Å². The highest BCUT2D eigenvalue weighted by atomic mass is 14.9. The molecule has 0 aliphatic rings. The maximum atomic E-state index is 4.06. The van der Waals surface area contributed by atoms with Crippen molar-refractivity contribution in [2.75, 3.05) is 11.9 Å². The Morgan fingerprint density at radius 3 is 2.83 bits per heavy atom. The number of aromatic nitrogens is 1. The van der Waals surface area contributed by atoms with E-state index >= 15 is 0 Å². The van der Waals surface area contributed by atoms with Gasteiger partial charge in [0.25, 0.3) is 0 Å². The van der Waals surface area contributed by atoms with Crippen LogP contribution in [0.15, 0.2) is 18.5 Å². The van der Waals surface area contributed by atoms with Crippen molar-refractivity contribution < 1.29 is 0 Å². The molecule has 1 N–H and O–H groups in total. The van der Waals surface area contributed by atoms with Crippen LogP contribution in [0.25, 0.3) is 0 Å². The second-order valence-electron chi connectivity index (χ2n) is 3.47. The summed E-state index contributed by atoms with van der Waals surface area (Å²) in [6, 6.07) is 2.02. The predicted molar refractivity (Wildman–Crippen MR) is 52.3 cm³/mol. The van der Waals surface area contributed by atoms with Crippen LogP contribution in [0.1, 0.15) is 19.4 Å². The van der Waals surface area contributed by atoms with Gasteiger partial charge in [-0.25, -0.2) is 0 Å². The molecule has 0 atom stereocenters. The van der Waals surface area contributed by atoms with Gasteiger partial charge in [0.2, 0.25) is 0 Å². The Kier molecular flexibility index (Phi) is 3.09. The second-order valence-corrected chi connectivity index (χ2v) is 3.47. The standard InChI is InChI=1S/C10H16N2/c1-8(2)6-12-10-7-11-5-4-9(10)3/h4-5,7-8,12H,6H2,1-3H3. The molecule has 12 heavy (non-hydrogen) atoms. The van der Waals surface area contributed by atoms with Crippen molar-refractivity contribution in [3.63, 3.8) is 0 Å². The molecule has 0 aromatic carbocycles. The zero-order valence-electron chi connectivity index (χ0n) is 7.96. The lowest BCUT2D eigenvalue weighted by atomic mass is 10.2. The van der Waals surface area contributed by atoms with Crippen LogP contribution in [0.4, 0.5) is 5.69 Å². The van der Waals surface area contributed by atoms with Crippen molar-refractivity contribution >= 4 is 5.69 Å². The van der Waals surface area contributed by atoms with Crippen LogP contribution >= 0.6 is 0 Å². The molecule has 1 aromatic heterocycles. The van der Waals surface area contributed by atoms with E-state index in [1.807, 2.05) is 18.5 Å². The van der Waals surface area contributed by atoms with Gasteiger partial charge in [-0.05, 0) is 24.5 Å². The monoisotopic (exact) mass is 164 g/mol. The van der Waals surface area contributed by atoms with E-state index in [0.29, 0.717) is 5.92 Å². The third kappa shape index (κ3) is 2.53. The molecule has 1 rings (SSSR count). The first-order chi connectivity index (χ1) is 5.70. The molecular formula is C10H16N2. The van der Waals surface area contributed by atoms with E-state index in [1.54, 1.807) is 0 Å². The second kappa shape index (κ2) is 4.10. The summed E-state index contributed by atoms with van der Waals surface area (Å²) < 4.78 is 0. The van der Waals surface area contributed by atoms with Crippen molar-refractivity contribution in [1.82, 2.24) is 4.98 Å². The van der Waals surface area contributed by atoms with Gasteiger partial charge in [0.05, 0.1) is 11.9 Å². The smallest absolute Gasteiger partial charge is 0.0556 e. The predicted octanol–water partition coefficient (Wildman–Crippen LogP) is 2.46. The summed E-state index contributed by atoms with van der Waals surface area (Å²) in [6.07, 6.45) is 3.69. The summed E-state index contributed by atoms with van der Waals surface area (Å²) in [5, 5.41) is 3.35. The van der Waals surface area contributed by atoms with Crippen molar-refractivity contribution in [3.05, 3.63) is 24.0 Å². The lowest BCUT2D eigenvalue weighted by molar-refractivity contribution is 0.688. The Morgan fingerprint density at radius 1 is 1.50 bits per heavy atom. The van der Waals surface area contributed by atoms with Gasteiger partial charge in [0.15, 0.2) is 0 Å². The van der Waals surface area contributed by atoms with Crippen LogP contribution in [0, 0.1) is 12.8 Å². The normalized spacial score (nSPS) is 10.3. The highest BCUT2D eigenvalue weighted by Crippen LogP contribution is 2.11. The van der Waals surface area contributed by atoms with Crippen molar-refractivity contribution in [1.29, 1.82) is 0 Å². The SMILES string of the molecule is Cc1ccncc1NCC(C)C. The Bertz CT molecular complexity index is 243. The molecule has 0 fully saturated rings. The van der Waals surface area contributed by atoms with Crippen molar-refractivity contribution in [2.24, 2.45) is 5.92 Å². The van der Waals surface area contributed by atoms with Crippen molar-refractivity contribution in [3.8, 4) is 0 Å². The molecule has 0 radical (unpaired) electrons. The molecule has 1 aromatic rings. The molecule has 0 amide bonds. The van der Waals surface area contributed by atoms with Crippen LogP contribution in [-0.2, 0) is 0 Å². The molecule has 0 saturated heterocycles. The van der Waals surface area contributed by atoms with Gasteiger partial charge in [-0.1, -0.05) is 13.8 Å². The van der Waals surface area contributed by atoms with Gasteiger partial charge < -0.3 is 5.32 Å². The van der Waals surface area contributed by atoms with Crippen LogP contribution in [-0.4, -0.2) is 11.5 Å².